The molecule has 0 fully saturated rings. The van der Waals surface area contributed by atoms with Gasteiger partial charge in [-0.25, -0.2) is 4.98 Å². The van der Waals surface area contributed by atoms with Gasteiger partial charge in [0.2, 0.25) is 0 Å². The predicted octanol–water partition coefficient (Wildman–Crippen LogP) is 2.65. The number of hydrogen-bond acceptors (Lipinski definition) is 3. The highest BCUT2D eigenvalue weighted by Gasteiger charge is 2.07. The highest BCUT2D eigenvalue weighted by molar-refractivity contribution is 5.68. The van der Waals surface area contributed by atoms with Crippen molar-refractivity contribution in [2.24, 2.45) is 0 Å². The lowest BCUT2D eigenvalue weighted by molar-refractivity contribution is 0.416. The Bertz CT molecular complexity index is 509. The van der Waals surface area contributed by atoms with E-state index in [1.165, 1.54) is 0 Å². The van der Waals surface area contributed by atoms with E-state index in [1.54, 1.807) is 13.2 Å². The molecule has 0 unspecified atom stereocenters. The molecule has 0 amide bonds. The first-order valence-electron chi connectivity index (χ1n) is 5.08. The van der Waals surface area contributed by atoms with Gasteiger partial charge in [-0.05, 0) is 36.8 Å². The van der Waals surface area contributed by atoms with Crippen molar-refractivity contribution in [3.8, 4) is 17.0 Å². The number of benzene rings is 1. The van der Waals surface area contributed by atoms with E-state index in [2.05, 4.69) is 4.98 Å². The van der Waals surface area contributed by atoms with Gasteiger partial charge >= 0.3 is 0 Å². The fourth-order valence-corrected chi connectivity index (χ4v) is 1.61. The lowest BCUT2D eigenvalue weighted by Crippen LogP contribution is -1.94. The normalized spacial score (nSPS) is 10.1. The summed E-state index contributed by atoms with van der Waals surface area (Å²) in [7, 11) is 1.66. The van der Waals surface area contributed by atoms with Gasteiger partial charge in [-0.1, -0.05) is 12.1 Å². The number of nitrogens with zero attached hydrogens (tertiary/aromatic N) is 1. The van der Waals surface area contributed by atoms with Crippen LogP contribution in [-0.4, -0.2) is 12.1 Å². The summed E-state index contributed by atoms with van der Waals surface area (Å²) in [6, 6.07) is 11.6. The van der Waals surface area contributed by atoms with Crippen molar-refractivity contribution in [1.29, 1.82) is 0 Å². The molecule has 0 atom stereocenters. The molecular formula is C13H14N2O. The van der Waals surface area contributed by atoms with Crippen LogP contribution in [0.1, 0.15) is 5.56 Å². The van der Waals surface area contributed by atoms with Crippen LogP contribution in [0.25, 0.3) is 11.3 Å². The summed E-state index contributed by atoms with van der Waals surface area (Å²) in [5, 5.41) is 0. The van der Waals surface area contributed by atoms with E-state index in [0.29, 0.717) is 5.82 Å². The van der Waals surface area contributed by atoms with E-state index in [-0.39, 0.29) is 0 Å². The second-order valence-corrected chi connectivity index (χ2v) is 3.65. The molecule has 2 aromatic rings. The smallest absolute Gasteiger partial charge is 0.128 e. The molecule has 16 heavy (non-hydrogen) atoms. The number of nitrogens with two attached hydrogens (primary N) is 1. The van der Waals surface area contributed by atoms with Crippen molar-refractivity contribution in [1.82, 2.24) is 4.98 Å². The lowest BCUT2D eigenvalue weighted by Gasteiger charge is -2.09. The molecule has 2 N–H and O–H groups in total. The lowest BCUT2D eigenvalue weighted by atomic mass is 10.1. The molecule has 0 saturated heterocycles. The van der Waals surface area contributed by atoms with Gasteiger partial charge in [-0.3, -0.25) is 0 Å². The number of pyridine rings is 1. The maximum absolute atomic E-state index is 5.67. The van der Waals surface area contributed by atoms with E-state index >= 15 is 0 Å². The van der Waals surface area contributed by atoms with Crippen molar-refractivity contribution in [2.45, 2.75) is 6.92 Å². The highest BCUT2D eigenvalue weighted by atomic mass is 16.5. The quantitative estimate of drug-likeness (QED) is 0.836. The van der Waals surface area contributed by atoms with Crippen LogP contribution in [0.5, 0.6) is 5.75 Å². The number of aryl methyl sites for hydroxylation is 1. The van der Waals surface area contributed by atoms with E-state index in [4.69, 9.17) is 10.5 Å². The summed E-state index contributed by atoms with van der Waals surface area (Å²) in [6.45, 7) is 2.03. The van der Waals surface area contributed by atoms with E-state index in [9.17, 15) is 0 Å². The molecule has 0 spiro atoms. The van der Waals surface area contributed by atoms with Crippen LogP contribution in [0.4, 0.5) is 5.82 Å². The Morgan fingerprint density at radius 3 is 2.69 bits per heavy atom. The molecule has 1 heterocycles. The Labute approximate surface area is 94.9 Å². The fraction of sp³-hybridized carbons (Fsp3) is 0.154. The minimum absolute atomic E-state index is 0.514. The summed E-state index contributed by atoms with van der Waals surface area (Å²) >= 11 is 0. The summed E-state index contributed by atoms with van der Waals surface area (Å²) in [5.41, 5.74) is 8.61. The zero-order chi connectivity index (χ0) is 11.5. The average Bonchev–Trinajstić information content (AvgIpc) is 2.28. The van der Waals surface area contributed by atoms with Crippen molar-refractivity contribution in [3.05, 3.63) is 42.0 Å². The molecular weight excluding hydrogens is 200 g/mol. The molecule has 82 valence electrons. The Morgan fingerprint density at radius 2 is 2.00 bits per heavy atom. The van der Waals surface area contributed by atoms with Crippen LogP contribution < -0.4 is 10.5 Å². The first kappa shape index (κ1) is 10.5. The Morgan fingerprint density at radius 1 is 1.19 bits per heavy atom. The zero-order valence-electron chi connectivity index (χ0n) is 9.40. The van der Waals surface area contributed by atoms with Gasteiger partial charge in [0.25, 0.3) is 0 Å². The van der Waals surface area contributed by atoms with Gasteiger partial charge < -0.3 is 10.5 Å². The van der Waals surface area contributed by atoms with E-state index in [1.807, 2.05) is 37.3 Å². The molecule has 0 saturated carbocycles. The SMILES string of the molecule is COc1cc(C)ccc1-c1cccc(N)n1. The molecule has 1 aromatic heterocycles. The third-order valence-electron chi connectivity index (χ3n) is 2.40. The number of anilines is 1. The monoisotopic (exact) mass is 214 g/mol. The number of rotatable bonds is 2. The van der Waals surface area contributed by atoms with Crippen LogP contribution in [0.15, 0.2) is 36.4 Å². The third kappa shape index (κ3) is 1.98. The van der Waals surface area contributed by atoms with Crippen LogP contribution >= 0.6 is 0 Å². The van der Waals surface area contributed by atoms with Gasteiger partial charge in [0, 0.05) is 5.56 Å². The molecule has 0 aliphatic carbocycles. The summed E-state index contributed by atoms with van der Waals surface area (Å²) in [5.74, 6) is 1.33. The van der Waals surface area contributed by atoms with Crippen molar-refractivity contribution >= 4 is 5.82 Å². The van der Waals surface area contributed by atoms with Crippen LogP contribution in [0.2, 0.25) is 0 Å². The standard InChI is InChI=1S/C13H14N2O/c1-9-6-7-10(12(8-9)16-2)11-4-3-5-13(14)15-11/h3-8H,1-2H3,(H2,14,15). The summed E-state index contributed by atoms with van der Waals surface area (Å²) < 4.78 is 5.34. The predicted molar refractivity (Wildman–Crippen MR) is 65.4 cm³/mol. The van der Waals surface area contributed by atoms with Gasteiger partial charge in [-0.15, -0.1) is 0 Å². The molecule has 3 heteroatoms. The van der Waals surface area contributed by atoms with Crippen LogP contribution in [0.3, 0.4) is 0 Å². The van der Waals surface area contributed by atoms with Gasteiger partial charge in [0.1, 0.15) is 11.6 Å². The molecule has 0 radical (unpaired) electrons. The minimum atomic E-state index is 0.514. The second kappa shape index (κ2) is 4.23. The van der Waals surface area contributed by atoms with Gasteiger partial charge in [-0.2, -0.15) is 0 Å². The van der Waals surface area contributed by atoms with Crippen LogP contribution in [0, 0.1) is 6.92 Å². The highest BCUT2D eigenvalue weighted by Crippen LogP contribution is 2.29. The Balaban J connectivity index is 2.55. The molecule has 1 aromatic carbocycles. The summed E-state index contributed by atoms with van der Waals surface area (Å²) in [4.78, 5) is 4.28. The van der Waals surface area contributed by atoms with Crippen LogP contribution in [-0.2, 0) is 0 Å². The third-order valence-corrected chi connectivity index (χ3v) is 2.40. The second-order valence-electron chi connectivity index (χ2n) is 3.65. The maximum atomic E-state index is 5.67. The largest absolute Gasteiger partial charge is 0.496 e. The zero-order valence-corrected chi connectivity index (χ0v) is 9.40. The first-order valence-corrected chi connectivity index (χ1v) is 5.08. The topological polar surface area (TPSA) is 48.1 Å². The maximum Gasteiger partial charge on any atom is 0.128 e. The van der Waals surface area contributed by atoms with E-state index < -0.39 is 0 Å². The van der Waals surface area contributed by atoms with Crippen molar-refractivity contribution < 1.29 is 4.74 Å². The van der Waals surface area contributed by atoms with E-state index in [0.717, 1.165) is 22.6 Å². The number of aromatic nitrogens is 1. The summed E-state index contributed by atoms with van der Waals surface area (Å²) in [6.07, 6.45) is 0. The van der Waals surface area contributed by atoms with Crippen molar-refractivity contribution in [3.63, 3.8) is 0 Å². The number of ether oxygens (including phenoxy) is 1. The average molecular weight is 214 g/mol. The van der Waals surface area contributed by atoms with Gasteiger partial charge in [0.15, 0.2) is 0 Å². The fourth-order valence-electron chi connectivity index (χ4n) is 1.61. The molecule has 2 rings (SSSR count). The Kier molecular flexibility index (Phi) is 2.77. The number of nitrogen functional groups attached to an aromatic ring is 1. The number of hydrogen-bond donors (Lipinski definition) is 1. The minimum Gasteiger partial charge on any atom is -0.496 e. The van der Waals surface area contributed by atoms with Gasteiger partial charge in [0.05, 0.1) is 12.8 Å². The molecule has 0 aliphatic heterocycles. The first-order chi connectivity index (χ1) is 7.70. The molecule has 0 bridgehead atoms. The number of methoxy groups -OCH3 is 1. The molecule has 3 nitrogen and oxygen atoms in total. The molecule has 0 aliphatic rings. The Hall–Kier alpha value is -2.03. The van der Waals surface area contributed by atoms with Crippen molar-refractivity contribution in [2.75, 3.05) is 12.8 Å².